The highest BCUT2D eigenvalue weighted by Gasteiger charge is 2.23. The van der Waals surface area contributed by atoms with Gasteiger partial charge in [0.1, 0.15) is 5.78 Å². The van der Waals surface area contributed by atoms with Gasteiger partial charge in [0.05, 0.1) is 0 Å². The molecule has 3 heteroatoms. The van der Waals surface area contributed by atoms with Crippen LogP contribution in [0.15, 0.2) is 0 Å². The average molecular weight is 197 g/mol. The summed E-state index contributed by atoms with van der Waals surface area (Å²) in [4.78, 5) is 21.8. The van der Waals surface area contributed by atoms with Crippen LogP contribution >= 0.6 is 0 Å². The van der Waals surface area contributed by atoms with Gasteiger partial charge in [0.2, 0.25) is 5.91 Å². The van der Waals surface area contributed by atoms with Crippen LogP contribution in [0.25, 0.3) is 0 Å². The van der Waals surface area contributed by atoms with Crippen LogP contribution in [-0.4, -0.2) is 18.2 Å². The van der Waals surface area contributed by atoms with Crippen LogP contribution in [0.3, 0.4) is 0 Å². The van der Waals surface area contributed by atoms with Crippen LogP contribution in [0, 0.1) is 11.8 Å². The molecule has 0 atom stereocenters. The van der Waals surface area contributed by atoms with E-state index in [0.717, 1.165) is 32.2 Å². The van der Waals surface area contributed by atoms with Crippen molar-refractivity contribution in [3.63, 3.8) is 0 Å². The number of ketones is 1. The first kappa shape index (κ1) is 11.2. The van der Waals surface area contributed by atoms with Crippen molar-refractivity contribution in [1.29, 1.82) is 0 Å². The number of carbonyl (C=O) groups excluding carboxylic acids is 2. The Hall–Kier alpha value is -0.860. The van der Waals surface area contributed by atoms with Gasteiger partial charge in [0.15, 0.2) is 0 Å². The maximum atomic E-state index is 11.1. The molecule has 1 amide bonds. The summed E-state index contributed by atoms with van der Waals surface area (Å²) in [5, 5.41) is 2.84. The normalized spacial score (nSPS) is 27.0. The number of carbonyl (C=O) groups is 2. The zero-order valence-electron chi connectivity index (χ0n) is 9.01. The Kier molecular flexibility index (Phi) is 4.11. The molecule has 3 nitrogen and oxygen atoms in total. The summed E-state index contributed by atoms with van der Waals surface area (Å²) in [5.41, 5.74) is 0. The Morgan fingerprint density at radius 2 is 1.71 bits per heavy atom. The van der Waals surface area contributed by atoms with Gasteiger partial charge in [-0.05, 0) is 38.5 Å². The van der Waals surface area contributed by atoms with Crippen molar-refractivity contribution in [3.05, 3.63) is 0 Å². The van der Waals surface area contributed by atoms with E-state index in [1.165, 1.54) is 0 Å². The van der Waals surface area contributed by atoms with E-state index in [1.807, 2.05) is 0 Å². The summed E-state index contributed by atoms with van der Waals surface area (Å²) >= 11 is 0. The van der Waals surface area contributed by atoms with Gasteiger partial charge in [-0.15, -0.1) is 0 Å². The van der Waals surface area contributed by atoms with E-state index in [2.05, 4.69) is 5.32 Å². The summed E-state index contributed by atoms with van der Waals surface area (Å²) in [5.74, 6) is 1.22. The van der Waals surface area contributed by atoms with Gasteiger partial charge < -0.3 is 5.32 Å². The molecular formula is C11H19NO2. The van der Waals surface area contributed by atoms with Crippen molar-refractivity contribution in [3.8, 4) is 0 Å². The molecule has 0 radical (unpaired) electrons. The van der Waals surface area contributed by atoms with E-state index < -0.39 is 0 Å². The number of nitrogens with one attached hydrogen (secondary N) is 1. The summed E-state index contributed by atoms with van der Waals surface area (Å²) in [6.45, 7) is 4.00. The maximum Gasteiger partial charge on any atom is 0.216 e. The Morgan fingerprint density at radius 1 is 1.14 bits per heavy atom. The number of hydrogen-bond donors (Lipinski definition) is 1. The molecule has 1 N–H and O–H groups in total. The Bertz CT molecular complexity index is 217. The van der Waals surface area contributed by atoms with Gasteiger partial charge in [-0.1, -0.05) is 0 Å². The van der Waals surface area contributed by atoms with Gasteiger partial charge in [-0.25, -0.2) is 0 Å². The van der Waals surface area contributed by atoms with Gasteiger partial charge in [0.25, 0.3) is 0 Å². The van der Waals surface area contributed by atoms with Crippen molar-refractivity contribution in [2.75, 3.05) is 6.54 Å². The second-order valence-corrected chi connectivity index (χ2v) is 4.27. The van der Waals surface area contributed by atoms with Gasteiger partial charge in [-0.3, -0.25) is 9.59 Å². The average Bonchev–Trinajstić information content (AvgIpc) is 2.15. The fraction of sp³-hybridized carbons (Fsp3) is 0.818. The molecule has 0 heterocycles. The van der Waals surface area contributed by atoms with Crippen LogP contribution in [0.1, 0.15) is 39.5 Å². The topological polar surface area (TPSA) is 46.2 Å². The van der Waals surface area contributed by atoms with Crippen LogP contribution < -0.4 is 5.32 Å². The second-order valence-electron chi connectivity index (χ2n) is 4.27. The van der Waals surface area contributed by atoms with Crippen LogP contribution in [-0.2, 0) is 9.59 Å². The molecule has 0 spiro atoms. The molecule has 80 valence electrons. The van der Waals surface area contributed by atoms with Crippen LogP contribution in [0.2, 0.25) is 0 Å². The minimum Gasteiger partial charge on any atom is -0.356 e. The quantitative estimate of drug-likeness (QED) is 0.745. The van der Waals surface area contributed by atoms with E-state index in [-0.39, 0.29) is 11.8 Å². The van der Waals surface area contributed by atoms with E-state index >= 15 is 0 Å². The molecule has 0 aromatic rings. The minimum absolute atomic E-state index is 0.0405. The van der Waals surface area contributed by atoms with Crippen molar-refractivity contribution in [2.45, 2.75) is 39.5 Å². The fourth-order valence-corrected chi connectivity index (χ4v) is 2.06. The summed E-state index contributed by atoms with van der Waals surface area (Å²) in [6, 6.07) is 0. The highest BCUT2D eigenvalue weighted by Crippen LogP contribution is 2.28. The van der Waals surface area contributed by atoms with Crippen LogP contribution in [0.4, 0.5) is 0 Å². The third kappa shape index (κ3) is 3.48. The van der Waals surface area contributed by atoms with Gasteiger partial charge in [-0.2, -0.15) is 0 Å². The van der Waals surface area contributed by atoms with Crippen molar-refractivity contribution >= 4 is 11.7 Å². The van der Waals surface area contributed by atoms with Crippen LogP contribution in [0.5, 0.6) is 0 Å². The lowest BCUT2D eigenvalue weighted by atomic mass is 9.80. The monoisotopic (exact) mass is 197 g/mol. The first-order chi connectivity index (χ1) is 6.59. The predicted molar refractivity (Wildman–Crippen MR) is 54.8 cm³/mol. The number of hydrogen-bond acceptors (Lipinski definition) is 2. The summed E-state index contributed by atoms with van der Waals surface area (Å²) in [6.07, 6.45) is 4.15. The SMILES string of the molecule is CC(=O)NCC1CCC(C(C)=O)CC1. The molecule has 1 aliphatic rings. The third-order valence-corrected chi connectivity index (χ3v) is 3.06. The third-order valence-electron chi connectivity index (χ3n) is 3.06. The number of rotatable bonds is 3. The lowest BCUT2D eigenvalue weighted by Crippen LogP contribution is -2.30. The van der Waals surface area contributed by atoms with E-state index in [9.17, 15) is 9.59 Å². The zero-order valence-corrected chi connectivity index (χ0v) is 9.01. The summed E-state index contributed by atoms with van der Waals surface area (Å²) < 4.78 is 0. The minimum atomic E-state index is 0.0405. The molecule has 0 aromatic carbocycles. The molecular weight excluding hydrogens is 178 g/mol. The smallest absolute Gasteiger partial charge is 0.216 e. The first-order valence-corrected chi connectivity index (χ1v) is 5.34. The Labute approximate surface area is 85.3 Å². The highest BCUT2D eigenvalue weighted by atomic mass is 16.1. The lowest BCUT2D eigenvalue weighted by molar-refractivity contribution is -0.122. The molecule has 0 bridgehead atoms. The standard InChI is InChI=1S/C11H19NO2/c1-8(13)11-5-3-10(4-6-11)7-12-9(2)14/h10-11H,3-7H2,1-2H3,(H,12,14). The number of amides is 1. The largest absolute Gasteiger partial charge is 0.356 e. The Balaban J connectivity index is 2.22. The first-order valence-electron chi connectivity index (χ1n) is 5.34. The fourth-order valence-electron chi connectivity index (χ4n) is 2.06. The lowest BCUT2D eigenvalue weighted by Gasteiger charge is -2.26. The van der Waals surface area contributed by atoms with Gasteiger partial charge in [0, 0.05) is 19.4 Å². The van der Waals surface area contributed by atoms with Crippen molar-refractivity contribution < 1.29 is 9.59 Å². The molecule has 0 saturated heterocycles. The molecule has 14 heavy (non-hydrogen) atoms. The molecule has 1 fully saturated rings. The Morgan fingerprint density at radius 3 is 2.14 bits per heavy atom. The van der Waals surface area contributed by atoms with E-state index in [1.54, 1.807) is 13.8 Å². The molecule has 1 rings (SSSR count). The molecule has 1 aliphatic carbocycles. The highest BCUT2D eigenvalue weighted by molar-refractivity contribution is 5.78. The molecule has 0 aliphatic heterocycles. The van der Waals surface area contributed by atoms with Crippen molar-refractivity contribution in [2.24, 2.45) is 11.8 Å². The second kappa shape index (κ2) is 5.13. The van der Waals surface area contributed by atoms with E-state index in [4.69, 9.17) is 0 Å². The van der Waals surface area contributed by atoms with Crippen molar-refractivity contribution in [1.82, 2.24) is 5.32 Å². The number of Topliss-reactive ketones (excluding diaryl/α,β-unsaturated/α-hetero) is 1. The molecule has 1 saturated carbocycles. The maximum absolute atomic E-state index is 11.1. The van der Waals surface area contributed by atoms with Gasteiger partial charge >= 0.3 is 0 Å². The van der Waals surface area contributed by atoms with E-state index in [0.29, 0.717) is 11.7 Å². The summed E-state index contributed by atoms with van der Waals surface area (Å²) in [7, 11) is 0. The molecule has 0 unspecified atom stereocenters. The zero-order chi connectivity index (χ0) is 10.6. The molecule has 0 aromatic heterocycles. The predicted octanol–water partition coefficient (Wildman–Crippen LogP) is 1.52.